The molecule has 0 saturated heterocycles. The molecule has 1 aromatic rings. The Bertz CT molecular complexity index is 385. The molecule has 0 amide bonds. The van der Waals surface area contributed by atoms with Gasteiger partial charge in [-0.05, 0) is 43.9 Å². The third kappa shape index (κ3) is 4.30. The molecule has 1 spiro atoms. The van der Waals surface area contributed by atoms with Crippen LogP contribution in [-0.2, 0) is 6.54 Å². The van der Waals surface area contributed by atoms with E-state index >= 15 is 0 Å². The zero-order chi connectivity index (χ0) is 14.4. The van der Waals surface area contributed by atoms with Crippen molar-refractivity contribution in [2.75, 3.05) is 13.1 Å². The maximum Gasteiger partial charge on any atom is 0.0923 e. The number of imidazole rings is 1. The van der Waals surface area contributed by atoms with Gasteiger partial charge in [-0.15, -0.1) is 0 Å². The molecule has 1 aromatic heterocycles. The summed E-state index contributed by atoms with van der Waals surface area (Å²) in [5.41, 5.74) is 1.83. The van der Waals surface area contributed by atoms with Crippen LogP contribution in [0, 0.1) is 5.41 Å². The lowest BCUT2D eigenvalue weighted by atomic mass is 9.64. The van der Waals surface area contributed by atoms with E-state index in [1.807, 2.05) is 6.20 Å². The molecule has 2 aliphatic rings. The van der Waals surface area contributed by atoms with Gasteiger partial charge in [-0.2, -0.15) is 0 Å². The zero-order valence-corrected chi connectivity index (χ0v) is 13.2. The summed E-state index contributed by atoms with van der Waals surface area (Å²) >= 11 is 0. The first-order chi connectivity index (χ1) is 10.4. The van der Waals surface area contributed by atoms with E-state index in [2.05, 4.69) is 20.6 Å². The molecule has 3 rings (SSSR count). The van der Waals surface area contributed by atoms with Gasteiger partial charge in [0.2, 0.25) is 0 Å². The number of rotatable bonds is 6. The molecule has 21 heavy (non-hydrogen) atoms. The third-order valence-electron chi connectivity index (χ3n) is 5.56. The zero-order valence-electron chi connectivity index (χ0n) is 13.2. The fourth-order valence-electron chi connectivity index (χ4n) is 4.20. The quantitative estimate of drug-likeness (QED) is 0.706. The van der Waals surface area contributed by atoms with Crippen LogP contribution in [0.2, 0.25) is 0 Å². The van der Waals surface area contributed by atoms with Crippen LogP contribution in [0.4, 0.5) is 0 Å². The number of hydrogen-bond acceptors (Lipinski definition) is 3. The van der Waals surface area contributed by atoms with Crippen LogP contribution in [0.3, 0.4) is 0 Å². The SMILES string of the molecule is c1nc(CNCCNC2CCC3(CCCCC3)CC2)c[nH]1. The van der Waals surface area contributed by atoms with Crippen molar-refractivity contribution in [3.8, 4) is 0 Å². The Morgan fingerprint density at radius 1 is 1.10 bits per heavy atom. The highest BCUT2D eigenvalue weighted by Crippen LogP contribution is 2.47. The van der Waals surface area contributed by atoms with Crippen LogP contribution >= 0.6 is 0 Å². The molecular weight excluding hydrogens is 260 g/mol. The van der Waals surface area contributed by atoms with Gasteiger partial charge in [0.05, 0.1) is 12.0 Å². The molecule has 0 aliphatic heterocycles. The van der Waals surface area contributed by atoms with E-state index in [0.717, 1.165) is 36.8 Å². The van der Waals surface area contributed by atoms with Crippen molar-refractivity contribution in [3.63, 3.8) is 0 Å². The van der Waals surface area contributed by atoms with Crippen molar-refractivity contribution in [2.24, 2.45) is 5.41 Å². The second kappa shape index (κ2) is 7.41. The van der Waals surface area contributed by atoms with Gasteiger partial charge < -0.3 is 15.6 Å². The molecule has 0 aromatic carbocycles. The maximum atomic E-state index is 4.21. The Balaban J connectivity index is 1.27. The second-order valence-electron chi connectivity index (χ2n) is 7.03. The van der Waals surface area contributed by atoms with Gasteiger partial charge in [-0.25, -0.2) is 4.98 Å². The number of aromatic amines is 1. The lowest BCUT2D eigenvalue weighted by Crippen LogP contribution is -2.40. The lowest BCUT2D eigenvalue weighted by Gasteiger charge is -2.43. The van der Waals surface area contributed by atoms with E-state index in [4.69, 9.17) is 0 Å². The van der Waals surface area contributed by atoms with Crippen LogP contribution in [0.1, 0.15) is 63.5 Å². The average Bonchev–Trinajstić information content (AvgIpc) is 3.03. The lowest BCUT2D eigenvalue weighted by molar-refractivity contribution is 0.107. The van der Waals surface area contributed by atoms with E-state index in [0.29, 0.717) is 0 Å². The van der Waals surface area contributed by atoms with Crippen LogP contribution in [0.5, 0.6) is 0 Å². The first-order valence-electron chi connectivity index (χ1n) is 8.78. The minimum atomic E-state index is 0.745. The van der Waals surface area contributed by atoms with Gasteiger partial charge in [0.1, 0.15) is 0 Å². The Labute approximate surface area is 128 Å². The molecule has 3 N–H and O–H groups in total. The van der Waals surface area contributed by atoms with Gasteiger partial charge in [0.15, 0.2) is 0 Å². The first kappa shape index (κ1) is 15.0. The number of nitrogens with one attached hydrogen (secondary N) is 3. The van der Waals surface area contributed by atoms with Gasteiger partial charge in [-0.1, -0.05) is 19.3 Å². The topological polar surface area (TPSA) is 52.7 Å². The van der Waals surface area contributed by atoms with E-state index in [1.54, 1.807) is 6.33 Å². The van der Waals surface area contributed by atoms with E-state index < -0.39 is 0 Å². The highest BCUT2D eigenvalue weighted by atomic mass is 15.0. The molecule has 1 heterocycles. The van der Waals surface area contributed by atoms with Crippen LogP contribution in [-0.4, -0.2) is 29.1 Å². The highest BCUT2D eigenvalue weighted by Gasteiger charge is 2.35. The summed E-state index contributed by atoms with van der Waals surface area (Å²) in [4.78, 5) is 7.20. The van der Waals surface area contributed by atoms with Gasteiger partial charge in [0.25, 0.3) is 0 Å². The third-order valence-corrected chi connectivity index (χ3v) is 5.56. The molecule has 0 atom stereocenters. The number of aromatic nitrogens is 2. The molecule has 2 fully saturated rings. The fraction of sp³-hybridized carbons (Fsp3) is 0.824. The minimum Gasteiger partial charge on any atom is -0.351 e. The van der Waals surface area contributed by atoms with Crippen molar-refractivity contribution in [1.29, 1.82) is 0 Å². The standard InChI is InChI=1S/C17H30N4/c1-2-6-17(7-3-1)8-4-15(5-9-17)20-11-10-18-12-16-13-19-14-21-16/h13-15,18,20H,1-12H2,(H,19,21). The molecule has 4 heteroatoms. The summed E-state index contributed by atoms with van der Waals surface area (Å²) in [6, 6.07) is 0.754. The van der Waals surface area contributed by atoms with Crippen LogP contribution < -0.4 is 10.6 Å². The van der Waals surface area contributed by atoms with Gasteiger partial charge >= 0.3 is 0 Å². The van der Waals surface area contributed by atoms with Gasteiger partial charge in [-0.3, -0.25) is 0 Å². The molecular formula is C17H30N4. The van der Waals surface area contributed by atoms with Gasteiger partial charge in [0, 0.05) is 31.9 Å². The summed E-state index contributed by atoms with van der Waals surface area (Å²) in [6.45, 7) is 2.95. The molecule has 2 saturated carbocycles. The summed E-state index contributed by atoms with van der Waals surface area (Å²) in [7, 11) is 0. The largest absolute Gasteiger partial charge is 0.351 e. The predicted molar refractivity (Wildman–Crippen MR) is 86.1 cm³/mol. The normalized spacial score (nSPS) is 22.7. The van der Waals surface area contributed by atoms with Crippen molar-refractivity contribution >= 4 is 0 Å². The minimum absolute atomic E-state index is 0.745. The monoisotopic (exact) mass is 290 g/mol. The maximum absolute atomic E-state index is 4.21. The predicted octanol–water partition coefficient (Wildman–Crippen LogP) is 2.98. The Kier molecular flexibility index (Phi) is 5.31. The van der Waals surface area contributed by atoms with Crippen molar-refractivity contribution in [3.05, 3.63) is 18.2 Å². The van der Waals surface area contributed by atoms with E-state index in [1.165, 1.54) is 57.8 Å². The molecule has 118 valence electrons. The van der Waals surface area contributed by atoms with Crippen molar-refractivity contribution in [1.82, 2.24) is 20.6 Å². The van der Waals surface area contributed by atoms with Crippen LogP contribution in [0.15, 0.2) is 12.5 Å². The molecule has 4 nitrogen and oxygen atoms in total. The second-order valence-corrected chi connectivity index (χ2v) is 7.03. The molecule has 0 unspecified atom stereocenters. The smallest absolute Gasteiger partial charge is 0.0923 e. The van der Waals surface area contributed by atoms with Crippen LogP contribution in [0.25, 0.3) is 0 Å². The number of H-pyrrole nitrogens is 1. The van der Waals surface area contributed by atoms with Crippen molar-refractivity contribution < 1.29 is 0 Å². The highest BCUT2D eigenvalue weighted by molar-refractivity contribution is 4.93. The molecule has 0 radical (unpaired) electrons. The summed E-state index contributed by atoms with van der Waals surface area (Å²) < 4.78 is 0. The molecule has 2 aliphatic carbocycles. The van der Waals surface area contributed by atoms with E-state index in [9.17, 15) is 0 Å². The Morgan fingerprint density at radius 3 is 2.62 bits per heavy atom. The summed E-state index contributed by atoms with van der Waals surface area (Å²) in [6.07, 6.45) is 16.8. The van der Waals surface area contributed by atoms with E-state index in [-0.39, 0.29) is 0 Å². The Morgan fingerprint density at radius 2 is 1.90 bits per heavy atom. The first-order valence-corrected chi connectivity index (χ1v) is 8.78. The fourth-order valence-corrected chi connectivity index (χ4v) is 4.20. The Hall–Kier alpha value is -0.870. The summed E-state index contributed by atoms with van der Waals surface area (Å²) in [5.74, 6) is 0. The number of nitrogens with zero attached hydrogens (tertiary/aromatic N) is 1. The number of hydrogen-bond donors (Lipinski definition) is 3. The molecule has 0 bridgehead atoms. The van der Waals surface area contributed by atoms with Crippen molar-refractivity contribution in [2.45, 2.75) is 70.4 Å². The summed E-state index contributed by atoms with van der Waals surface area (Å²) in [5, 5.41) is 7.17. The average molecular weight is 290 g/mol.